The molecule has 0 amide bonds. The molecular formula is C9H8OS. The first-order valence-electron chi connectivity index (χ1n) is 3.47. The smallest absolute Gasteiger partial charge is 0.133 e. The molecule has 0 radical (unpaired) electrons. The fourth-order valence-corrected chi connectivity index (χ4v) is 1.31. The van der Waals surface area contributed by atoms with Gasteiger partial charge in [-0.2, -0.15) is 12.6 Å². The predicted octanol–water partition coefficient (Wildman–Crippen LogP) is 2.86. The molecule has 0 atom stereocenters. The molecule has 2 heteroatoms. The zero-order chi connectivity index (χ0) is 7.68. The number of thiol groups is 1. The Morgan fingerprint density at radius 1 is 1.27 bits per heavy atom. The molecule has 0 saturated heterocycles. The van der Waals surface area contributed by atoms with Gasteiger partial charge in [-0.15, -0.1) is 0 Å². The van der Waals surface area contributed by atoms with Crippen LogP contribution in [0.1, 0.15) is 5.56 Å². The minimum atomic E-state index is 0.779. The topological polar surface area (TPSA) is 13.1 Å². The fourth-order valence-electron chi connectivity index (χ4n) is 1.11. The largest absolute Gasteiger partial charge is 0.464 e. The lowest BCUT2D eigenvalue weighted by atomic mass is 10.2. The van der Waals surface area contributed by atoms with Gasteiger partial charge in [-0.25, -0.2) is 0 Å². The lowest BCUT2D eigenvalue weighted by molar-refractivity contribution is 0.616. The molecule has 56 valence electrons. The zero-order valence-electron chi connectivity index (χ0n) is 5.95. The lowest BCUT2D eigenvalue weighted by Crippen LogP contribution is -1.74. The van der Waals surface area contributed by atoms with Crippen molar-refractivity contribution in [3.63, 3.8) is 0 Å². The van der Waals surface area contributed by atoms with E-state index in [1.54, 1.807) is 6.26 Å². The molecule has 0 N–H and O–H groups in total. The van der Waals surface area contributed by atoms with Crippen molar-refractivity contribution >= 4 is 23.6 Å². The Morgan fingerprint density at radius 2 is 2.18 bits per heavy atom. The fraction of sp³-hybridized carbons (Fsp3) is 0.111. The van der Waals surface area contributed by atoms with Crippen LogP contribution in [-0.4, -0.2) is 0 Å². The van der Waals surface area contributed by atoms with Crippen LogP contribution in [0.2, 0.25) is 0 Å². The predicted molar refractivity (Wildman–Crippen MR) is 48.9 cm³/mol. The first-order chi connectivity index (χ1) is 5.40. The van der Waals surface area contributed by atoms with Gasteiger partial charge < -0.3 is 4.42 Å². The van der Waals surface area contributed by atoms with Crippen LogP contribution in [0.15, 0.2) is 34.9 Å². The first-order valence-corrected chi connectivity index (χ1v) is 4.10. The van der Waals surface area contributed by atoms with Crippen molar-refractivity contribution in [2.75, 3.05) is 0 Å². The maximum absolute atomic E-state index is 5.19. The number of fused-ring (bicyclic) bond motifs is 1. The van der Waals surface area contributed by atoms with Crippen LogP contribution in [0.25, 0.3) is 11.0 Å². The molecule has 0 aliphatic heterocycles. The highest BCUT2D eigenvalue weighted by atomic mass is 32.1. The molecule has 0 bridgehead atoms. The number of hydrogen-bond donors (Lipinski definition) is 1. The van der Waals surface area contributed by atoms with Gasteiger partial charge in [0.15, 0.2) is 0 Å². The van der Waals surface area contributed by atoms with Crippen LogP contribution >= 0.6 is 12.6 Å². The number of benzene rings is 1. The first kappa shape index (κ1) is 6.80. The molecule has 2 aromatic rings. The third kappa shape index (κ3) is 1.14. The molecular weight excluding hydrogens is 156 g/mol. The van der Waals surface area contributed by atoms with E-state index < -0.39 is 0 Å². The van der Waals surface area contributed by atoms with Crippen LogP contribution in [0.4, 0.5) is 0 Å². The summed E-state index contributed by atoms with van der Waals surface area (Å²) in [7, 11) is 0. The molecule has 1 nitrogen and oxygen atoms in total. The van der Waals surface area contributed by atoms with Crippen LogP contribution in [0.5, 0.6) is 0 Å². The van der Waals surface area contributed by atoms with Crippen molar-refractivity contribution < 1.29 is 4.42 Å². The second-order valence-corrected chi connectivity index (χ2v) is 2.77. The number of hydrogen-bond acceptors (Lipinski definition) is 2. The Hall–Kier alpha value is -0.890. The highest BCUT2D eigenvalue weighted by Gasteiger charge is 1.95. The normalized spacial score (nSPS) is 10.6. The Labute approximate surface area is 70.4 Å². The lowest BCUT2D eigenvalue weighted by Gasteiger charge is -1.93. The Kier molecular flexibility index (Phi) is 1.62. The van der Waals surface area contributed by atoms with E-state index in [0.29, 0.717) is 0 Å². The van der Waals surface area contributed by atoms with E-state index in [4.69, 9.17) is 4.42 Å². The molecule has 1 aromatic carbocycles. The Balaban J connectivity index is 2.67. The third-order valence-corrected chi connectivity index (χ3v) is 2.06. The van der Waals surface area contributed by atoms with Gasteiger partial charge in [-0.05, 0) is 23.8 Å². The molecule has 0 aliphatic rings. The van der Waals surface area contributed by atoms with Gasteiger partial charge in [0.25, 0.3) is 0 Å². The minimum absolute atomic E-state index is 0.779. The molecule has 11 heavy (non-hydrogen) atoms. The van der Waals surface area contributed by atoms with Gasteiger partial charge in [0.05, 0.1) is 6.26 Å². The second-order valence-electron chi connectivity index (χ2n) is 2.45. The quantitative estimate of drug-likeness (QED) is 0.639. The van der Waals surface area contributed by atoms with E-state index in [2.05, 4.69) is 18.7 Å². The molecule has 1 heterocycles. The van der Waals surface area contributed by atoms with E-state index >= 15 is 0 Å². The standard InChI is InChI=1S/C9H8OS/c11-6-7-1-2-9-8(5-7)3-4-10-9/h1-5,11H,6H2. The molecule has 0 saturated carbocycles. The van der Waals surface area contributed by atoms with Gasteiger partial charge in [0.1, 0.15) is 5.58 Å². The van der Waals surface area contributed by atoms with Crippen LogP contribution in [-0.2, 0) is 5.75 Å². The molecule has 2 rings (SSSR count). The maximum Gasteiger partial charge on any atom is 0.133 e. The summed E-state index contributed by atoms with van der Waals surface area (Å²) in [6.45, 7) is 0. The van der Waals surface area contributed by atoms with Crippen LogP contribution < -0.4 is 0 Å². The molecule has 1 aromatic heterocycles. The van der Waals surface area contributed by atoms with Crippen molar-refractivity contribution in [1.82, 2.24) is 0 Å². The molecule has 0 fully saturated rings. The van der Waals surface area contributed by atoms with Gasteiger partial charge in [-0.1, -0.05) is 6.07 Å². The van der Waals surface area contributed by atoms with Gasteiger partial charge in [-0.3, -0.25) is 0 Å². The Bertz CT molecular complexity index is 364. The van der Waals surface area contributed by atoms with E-state index in [1.807, 2.05) is 18.2 Å². The van der Waals surface area contributed by atoms with Gasteiger partial charge >= 0.3 is 0 Å². The van der Waals surface area contributed by atoms with Gasteiger partial charge in [0, 0.05) is 11.1 Å². The third-order valence-electron chi connectivity index (χ3n) is 1.70. The Morgan fingerprint density at radius 3 is 3.00 bits per heavy atom. The van der Waals surface area contributed by atoms with Gasteiger partial charge in [0.2, 0.25) is 0 Å². The summed E-state index contributed by atoms with van der Waals surface area (Å²) in [4.78, 5) is 0. The van der Waals surface area contributed by atoms with Crippen molar-refractivity contribution in [3.05, 3.63) is 36.1 Å². The molecule has 0 aliphatic carbocycles. The molecule has 0 unspecified atom stereocenters. The number of furan rings is 1. The van der Waals surface area contributed by atoms with Crippen LogP contribution in [0.3, 0.4) is 0 Å². The SMILES string of the molecule is SCc1ccc2occc2c1. The van der Waals surface area contributed by atoms with E-state index in [1.165, 1.54) is 5.56 Å². The van der Waals surface area contributed by atoms with Crippen molar-refractivity contribution in [2.45, 2.75) is 5.75 Å². The van der Waals surface area contributed by atoms with E-state index in [-0.39, 0.29) is 0 Å². The maximum atomic E-state index is 5.19. The van der Waals surface area contributed by atoms with Crippen LogP contribution in [0, 0.1) is 0 Å². The second kappa shape index (κ2) is 2.62. The minimum Gasteiger partial charge on any atom is -0.464 e. The summed E-state index contributed by atoms with van der Waals surface area (Å²) < 4.78 is 5.19. The summed E-state index contributed by atoms with van der Waals surface area (Å²) in [6, 6.07) is 8.05. The van der Waals surface area contributed by atoms with E-state index in [9.17, 15) is 0 Å². The summed E-state index contributed by atoms with van der Waals surface area (Å²) in [6.07, 6.45) is 1.70. The summed E-state index contributed by atoms with van der Waals surface area (Å²) in [5.74, 6) is 0.779. The average molecular weight is 164 g/mol. The monoisotopic (exact) mass is 164 g/mol. The summed E-state index contributed by atoms with van der Waals surface area (Å²) in [5.41, 5.74) is 2.16. The van der Waals surface area contributed by atoms with E-state index in [0.717, 1.165) is 16.7 Å². The highest BCUT2D eigenvalue weighted by molar-refractivity contribution is 7.79. The highest BCUT2D eigenvalue weighted by Crippen LogP contribution is 2.17. The number of rotatable bonds is 1. The zero-order valence-corrected chi connectivity index (χ0v) is 6.84. The summed E-state index contributed by atoms with van der Waals surface area (Å²) in [5, 5.41) is 1.15. The molecule has 0 spiro atoms. The summed E-state index contributed by atoms with van der Waals surface area (Å²) >= 11 is 4.19. The van der Waals surface area contributed by atoms with Crippen molar-refractivity contribution in [3.8, 4) is 0 Å². The van der Waals surface area contributed by atoms with Crippen molar-refractivity contribution in [2.24, 2.45) is 0 Å². The van der Waals surface area contributed by atoms with Crippen molar-refractivity contribution in [1.29, 1.82) is 0 Å². The average Bonchev–Trinajstić information content (AvgIpc) is 2.50.